The maximum atomic E-state index is 11.8. The van der Waals surface area contributed by atoms with Gasteiger partial charge in [-0.2, -0.15) is 0 Å². The fourth-order valence-electron chi connectivity index (χ4n) is 3.21. The minimum Gasteiger partial charge on any atom is -0.334 e. The molecular weight excluding hydrogens is 344 g/mol. The van der Waals surface area contributed by atoms with Gasteiger partial charge in [-0.15, -0.1) is 0 Å². The van der Waals surface area contributed by atoms with Crippen molar-refractivity contribution in [3.05, 3.63) is 66.7 Å². The van der Waals surface area contributed by atoms with Crippen LogP contribution in [0.15, 0.2) is 61.1 Å². The van der Waals surface area contributed by atoms with Gasteiger partial charge in [-0.25, -0.2) is 9.97 Å². The summed E-state index contributed by atoms with van der Waals surface area (Å²) in [6, 6.07) is 16.1. The smallest absolute Gasteiger partial charge is 0.195 e. The highest BCUT2D eigenvalue weighted by Crippen LogP contribution is 2.33. The van der Waals surface area contributed by atoms with E-state index in [-0.39, 0.29) is 0 Å². The summed E-state index contributed by atoms with van der Waals surface area (Å²) in [4.78, 5) is 22.8. The van der Waals surface area contributed by atoms with Gasteiger partial charge in [-0.1, -0.05) is 47.7 Å². The standard InChI is InChI=1S/C20H14N4OS/c1-23-12-21-15-9-14(7-8-16(15)23)19-17(11-25)24-10-18(26-20(24)22-19)13-5-3-2-4-6-13/h2-12H,1H3. The molecule has 3 heterocycles. The van der Waals surface area contributed by atoms with Gasteiger partial charge in [0.1, 0.15) is 11.4 Å². The number of benzene rings is 2. The van der Waals surface area contributed by atoms with Crippen molar-refractivity contribution in [2.75, 3.05) is 0 Å². The molecule has 0 bridgehead atoms. The second kappa shape index (κ2) is 5.64. The van der Waals surface area contributed by atoms with E-state index in [0.29, 0.717) is 11.4 Å². The van der Waals surface area contributed by atoms with E-state index >= 15 is 0 Å². The molecule has 0 aliphatic rings. The number of rotatable bonds is 3. The van der Waals surface area contributed by atoms with E-state index in [0.717, 1.165) is 38.3 Å². The molecule has 0 N–H and O–H groups in total. The Morgan fingerprint density at radius 2 is 1.92 bits per heavy atom. The van der Waals surface area contributed by atoms with E-state index in [4.69, 9.17) is 4.98 Å². The van der Waals surface area contributed by atoms with Gasteiger partial charge in [0.15, 0.2) is 11.2 Å². The number of thiazole rings is 1. The van der Waals surface area contributed by atoms with Gasteiger partial charge in [0.05, 0.1) is 22.2 Å². The van der Waals surface area contributed by atoms with Crippen LogP contribution in [0.25, 0.3) is 37.7 Å². The molecule has 5 rings (SSSR count). The number of carbonyl (C=O) groups is 1. The fourth-order valence-corrected chi connectivity index (χ4v) is 4.20. The quantitative estimate of drug-likeness (QED) is 0.448. The monoisotopic (exact) mass is 358 g/mol. The van der Waals surface area contributed by atoms with Gasteiger partial charge in [0.25, 0.3) is 0 Å². The number of nitrogens with zero attached hydrogens (tertiary/aromatic N) is 4. The van der Waals surface area contributed by atoms with Crippen molar-refractivity contribution < 1.29 is 4.79 Å². The predicted octanol–water partition coefficient (Wildman–Crippen LogP) is 4.43. The molecule has 5 aromatic rings. The Morgan fingerprint density at radius 1 is 1.08 bits per heavy atom. The van der Waals surface area contributed by atoms with E-state index in [1.54, 1.807) is 17.7 Å². The molecule has 0 amide bonds. The normalized spacial score (nSPS) is 11.4. The minimum atomic E-state index is 0.564. The Bertz CT molecular complexity index is 1260. The summed E-state index contributed by atoms with van der Waals surface area (Å²) in [6.07, 6.45) is 4.64. The van der Waals surface area contributed by atoms with Crippen molar-refractivity contribution in [2.45, 2.75) is 0 Å². The van der Waals surface area contributed by atoms with Gasteiger partial charge >= 0.3 is 0 Å². The molecule has 0 aliphatic heterocycles. The van der Waals surface area contributed by atoms with Gasteiger partial charge in [0, 0.05) is 18.8 Å². The number of aldehydes is 1. The van der Waals surface area contributed by atoms with Crippen molar-refractivity contribution in [3.8, 4) is 21.7 Å². The molecule has 26 heavy (non-hydrogen) atoms. The van der Waals surface area contributed by atoms with Crippen LogP contribution >= 0.6 is 11.3 Å². The molecule has 0 atom stereocenters. The number of aryl methyl sites for hydroxylation is 1. The molecule has 0 saturated carbocycles. The molecule has 2 aromatic carbocycles. The molecule has 126 valence electrons. The van der Waals surface area contributed by atoms with E-state index in [1.165, 1.54) is 0 Å². The lowest BCUT2D eigenvalue weighted by Gasteiger charge is -2.00. The number of imidazole rings is 2. The van der Waals surface area contributed by atoms with E-state index in [2.05, 4.69) is 17.1 Å². The molecule has 0 fully saturated rings. The van der Waals surface area contributed by atoms with Crippen molar-refractivity contribution in [1.29, 1.82) is 0 Å². The molecule has 0 aliphatic carbocycles. The van der Waals surface area contributed by atoms with Crippen LogP contribution in [0.1, 0.15) is 10.5 Å². The molecule has 6 heteroatoms. The lowest BCUT2D eigenvalue weighted by Crippen LogP contribution is -1.91. The van der Waals surface area contributed by atoms with E-state index < -0.39 is 0 Å². The number of hydrogen-bond acceptors (Lipinski definition) is 4. The number of carbonyl (C=O) groups excluding carboxylic acids is 1. The first-order chi connectivity index (χ1) is 12.7. The van der Waals surface area contributed by atoms with Gasteiger partial charge in [-0.05, 0) is 17.7 Å². The maximum absolute atomic E-state index is 11.8. The molecule has 0 saturated heterocycles. The van der Waals surface area contributed by atoms with Crippen LogP contribution in [-0.2, 0) is 7.05 Å². The van der Waals surface area contributed by atoms with E-state index in [9.17, 15) is 4.79 Å². The largest absolute Gasteiger partial charge is 0.334 e. The molecular formula is C20H14N4OS. The Labute approximate surface area is 153 Å². The SMILES string of the molecule is Cn1cnc2cc(-c3nc4sc(-c5ccccc5)cn4c3C=O)ccc21. The number of fused-ring (bicyclic) bond motifs is 2. The molecule has 0 spiro atoms. The highest BCUT2D eigenvalue weighted by atomic mass is 32.1. The summed E-state index contributed by atoms with van der Waals surface area (Å²) in [5, 5.41) is 0. The van der Waals surface area contributed by atoms with Crippen molar-refractivity contribution in [1.82, 2.24) is 18.9 Å². The van der Waals surface area contributed by atoms with Crippen LogP contribution in [-0.4, -0.2) is 25.2 Å². The Morgan fingerprint density at radius 3 is 2.73 bits per heavy atom. The second-order valence-corrected chi connectivity index (χ2v) is 7.15. The van der Waals surface area contributed by atoms with Crippen molar-refractivity contribution >= 4 is 33.6 Å². The second-order valence-electron chi connectivity index (χ2n) is 6.14. The van der Waals surface area contributed by atoms with Crippen LogP contribution in [0.5, 0.6) is 0 Å². The number of hydrogen-bond donors (Lipinski definition) is 0. The zero-order valence-electron chi connectivity index (χ0n) is 14.0. The first-order valence-electron chi connectivity index (χ1n) is 8.18. The zero-order chi connectivity index (χ0) is 17.7. The van der Waals surface area contributed by atoms with Crippen LogP contribution in [0.3, 0.4) is 0 Å². The molecule has 5 nitrogen and oxygen atoms in total. The summed E-state index contributed by atoms with van der Waals surface area (Å²) in [6.45, 7) is 0. The summed E-state index contributed by atoms with van der Waals surface area (Å²) in [5.41, 5.74) is 5.22. The summed E-state index contributed by atoms with van der Waals surface area (Å²) < 4.78 is 3.84. The zero-order valence-corrected chi connectivity index (χ0v) is 14.8. The summed E-state index contributed by atoms with van der Waals surface area (Å²) in [7, 11) is 1.96. The minimum absolute atomic E-state index is 0.564. The first kappa shape index (κ1) is 15.0. The third-order valence-electron chi connectivity index (χ3n) is 4.53. The lowest BCUT2D eigenvalue weighted by molar-refractivity contribution is 0.111. The summed E-state index contributed by atoms with van der Waals surface area (Å²) in [5.74, 6) is 0. The Kier molecular flexibility index (Phi) is 3.26. The Hall–Kier alpha value is -3.25. The van der Waals surface area contributed by atoms with Crippen molar-refractivity contribution in [2.24, 2.45) is 7.05 Å². The Balaban J connectivity index is 1.68. The highest BCUT2D eigenvalue weighted by molar-refractivity contribution is 7.20. The van der Waals surface area contributed by atoms with Gasteiger partial charge in [-0.3, -0.25) is 9.20 Å². The lowest BCUT2D eigenvalue weighted by atomic mass is 10.1. The highest BCUT2D eigenvalue weighted by Gasteiger charge is 2.17. The van der Waals surface area contributed by atoms with Crippen LogP contribution in [0, 0.1) is 0 Å². The van der Waals surface area contributed by atoms with Gasteiger partial charge < -0.3 is 4.57 Å². The maximum Gasteiger partial charge on any atom is 0.195 e. The summed E-state index contributed by atoms with van der Waals surface area (Å²) >= 11 is 1.58. The van der Waals surface area contributed by atoms with Gasteiger partial charge in [0.2, 0.25) is 0 Å². The average molecular weight is 358 g/mol. The third-order valence-corrected chi connectivity index (χ3v) is 5.56. The van der Waals surface area contributed by atoms with Crippen LogP contribution < -0.4 is 0 Å². The molecule has 0 unspecified atom stereocenters. The first-order valence-corrected chi connectivity index (χ1v) is 9.00. The number of aromatic nitrogens is 4. The fraction of sp³-hybridized carbons (Fsp3) is 0.0500. The topological polar surface area (TPSA) is 52.2 Å². The van der Waals surface area contributed by atoms with Crippen LogP contribution in [0.4, 0.5) is 0 Å². The molecule has 0 radical (unpaired) electrons. The van der Waals surface area contributed by atoms with E-state index in [1.807, 2.05) is 58.6 Å². The predicted molar refractivity (Wildman–Crippen MR) is 104 cm³/mol. The van der Waals surface area contributed by atoms with Crippen LogP contribution in [0.2, 0.25) is 0 Å². The van der Waals surface area contributed by atoms with Crippen molar-refractivity contribution in [3.63, 3.8) is 0 Å². The average Bonchev–Trinajstić information content (AvgIpc) is 3.34. The third kappa shape index (κ3) is 2.19. The molecule has 3 aromatic heterocycles.